The summed E-state index contributed by atoms with van der Waals surface area (Å²) in [6.45, 7) is 2.26. The second kappa shape index (κ2) is 16.2. The Balaban J connectivity index is 1.96. The third-order valence-corrected chi connectivity index (χ3v) is 6.11. The first kappa shape index (κ1) is 23.1. The van der Waals surface area contributed by atoms with Crippen LogP contribution in [0.1, 0.15) is 96.8 Å². The van der Waals surface area contributed by atoms with Gasteiger partial charge in [-0.15, -0.1) is 11.8 Å². The minimum absolute atomic E-state index is 0.426. The fraction of sp³-hybridized carbons (Fsp3) is 0.696. The minimum Gasteiger partial charge on any atom is -0.549 e. The lowest BCUT2D eigenvalue weighted by atomic mass is 10.0. The van der Waals surface area contributed by atoms with Crippen molar-refractivity contribution in [3.8, 4) is 0 Å². The predicted molar refractivity (Wildman–Crippen MR) is 111 cm³/mol. The molecule has 0 spiro atoms. The minimum atomic E-state index is -0.933. The van der Waals surface area contributed by atoms with Crippen molar-refractivity contribution in [3.05, 3.63) is 30.3 Å². The van der Waals surface area contributed by atoms with Crippen LogP contribution in [0.4, 0.5) is 0 Å². The van der Waals surface area contributed by atoms with Gasteiger partial charge in [-0.25, -0.2) is 0 Å². The fourth-order valence-corrected chi connectivity index (χ4v) is 4.26. The molecule has 0 saturated carbocycles. The first-order valence-electron chi connectivity index (χ1n) is 10.7. The van der Waals surface area contributed by atoms with Crippen LogP contribution >= 0.6 is 11.8 Å². The zero-order valence-electron chi connectivity index (χ0n) is 16.6. The van der Waals surface area contributed by atoms with Crippen LogP contribution in [0.2, 0.25) is 0 Å². The molecule has 26 heavy (non-hydrogen) atoms. The van der Waals surface area contributed by atoms with Gasteiger partial charge in [-0.3, -0.25) is 0 Å². The van der Waals surface area contributed by atoms with Gasteiger partial charge in [0, 0.05) is 10.1 Å². The lowest BCUT2D eigenvalue weighted by Gasteiger charge is -2.17. The Morgan fingerprint density at radius 1 is 0.808 bits per heavy atom. The van der Waals surface area contributed by atoms with Crippen molar-refractivity contribution in [2.75, 3.05) is 0 Å². The number of rotatable bonds is 17. The van der Waals surface area contributed by atoms with Gasteiger partial charge in [0.05, 0.1) is 5.97 Å². The molecule has 0 aliphatic rings. The van der Waals surface area contributed by atoms with E-state index in [0.29, 0.717) is 6.42 Å². The summed E-state index contributed by atoms with van der Waals surface area (Å²) in [5.41, 5.74) is 0. The maximum Gasteiger partial charge on any atom is 0.0548 e. The van der Waals surface area contributed by atoms with Crippen molar-refractivity contribution in [1.29, 1.82) is 0 Å². The van der Waals surface area contributed by atoms with Gasteiger partial charge in [0.2, 0.25) is 0 Å². The van der Waals surface area contributed by atoms with E-state index >= 15 is 0 Å². The summed E-state index contributed by atoms with van der Waals surface area (Å²) in [4.78, 5) is 12.3. The molecule has 1 atom stereocenters. The zero-order valence-corrected chi connectivity index (χ0v) is 17.4. The van der Waals surface area contributed by atoms with Crippen molar-refractivity contribution in [3.63, 3.8) is 0 Å². The number of carbonyl (C=O) groups is 1. The Bertz CT molecular complexity index is 447. The second-order valence-corrected chi connectivity index (χ2v) is 8.55. The third-order valence-electron chi connectivity index (χ3n) is 4.85. The van der Waals surface area contributed by atoms with Crippen LogP contribution in [0.25, 0.3) is 0 Å². The molecule has 2 nitrogen and oxygen atoms in total. The smallest absolute Gasteiger partial charge is 0.0548 e. The maximum atomic E-state index is 11.3. The van der Waals surface area contributed by atoms with Crippen LogP contribution in [0.5, 0.6) is 0 Å². The van der Waals surface area contributed by atoms with Crippen molar-refractivity contribution < 1.29 is 9.90 Å². The number of carboxylic acids is 1. The molecule has 0 aliphatic carbocycles. The summed E-state index contributed by atoms with van der Waals surface area (Å²) < 4.78 is 0. The maximum absolute atomic E-state index is 11.3. The molecule has 148 valence electrons. The molecule has 0 radical (unpaired) electrons. The first-order chi connectivity index (χ1) is 12.7. The monoisotopic (exact) mass is 377 g/mol. The number of thioether (sulfide) groups is 1. The van der Waals surface area contributed by atoms with E-state index in [4.69, 9.17) is 0 Å². The van der Waals surface area contributed by atoms with Crippen LogP contribution in [-0.2, 0) is 4.79 Å². The highest BCUT2D eigenvalue weighted by Crippen LogP contribution is 2.26. The van der Waals surface area contributed by atoms with Gasteiger partial charge in [0.1, 0.15) is 0 Å². The fourth-order valence-electron chi connectivity index (χ4n) is 3.24. The zero-order chi connectivity index (χ0) is 18.9. The normalized spacial score (nSPS) is 12.2. The molecule has 0 N–H and O–H groups in total. The van der Waals surface area contributed by atoms with E-state index in [1.165, 1.54) is 82.4 Å². The van der Waals surface area contributed by atoms with Gasteiger partial charge in [-0.2, -0.15) is 0 Å². The lowest BCUT2D eigenvalue weighted by Crippen LogP contribution is -2.33. The van der Waals surface area contributed by atoms with Gasteiger partial charge in [-0.05, 0) is 18.6 Å². The SMILES string of the molecule is CCCCCCCCCCCCCCCC(Sc1ccccc1)C(=O)[O-]. The lowest BCUT2D eigenvalue weighted by molar-refractivity contribution is -0.304. The highest BCUT2D eigenvalue weighted by molar-refractivity contribution is 8.00. The third kappa shape index (κ3) is 12.4. The van der Waals surface area contributed by atoms with Crippen molar-refractivity contribution in [2.45, 2.75) is 107 Å². The number of carbonyl (C=O) groups excluding carboxylic acids is 1. The largest absolute Gasteiger partial charge is 0.549 e. The van der Waals surface area contributed by atoms with E-state index in [-0.39, 0.29) is 0 Å². The summed E-state index contributed by atoms with van der Waals surface area (Å²) in [5.74, 6) is -0.933. The van der Waals surface area contributed by atoms with Crippen LogP contribution in [0.15, 0.2) is 35.2 Å². The van der Waals surface area contributed by atoms with Crippen LogP contribution in [-0.4, -0.2) is 11.2 Å². The molecule has 1 unspecified atom stereocenters. The summed E-state index contributed by atoms with van der Waals surface area (Å²) in [6, 6.07) is 9.76. The van der Waals surface area contributed by atoms with Crippen LogP contribution in [0, 0.1) is 0 Å². The highest BCUT2D eigenvalue weighted by Gasteiger charge is 2.11. The molecule has 0 heterocycles. The number of unbranched alkanes of at least 4 members (excludes halogenated alkanes) is 12. The molecule has 0 amide bonds. The number of carboxylic acid groups (broad SMARTS) is 1. The number of hydrogen-bond donors (Lipinski definition) is 0. The molecule has 0 saturated heterocycles. The van der Waals surface area contributed by atoms with Crippen molar-refractivity contribution >= 4 is 17.7 Å². The Labute approximate surface area is 165 Å². The van der Waals surface area contributed by atoms with Crippen molar-refractivity contribution in [1.82, 2.24) is 0 Å². The second-order valence-electron chi connectivity index (χ2n) is 7.27. The molecular formula is C23H37O2S-. The summed E-state index contributed by atoms with van der Waals surface area (Å²) in [5, 5.41) is 10.9. The van der Waals surface area contributed by atoms with Gasteiger partial charge in [-0.1, -0.05) is 109 Å². The molecule has 1 rings (SSSR count). The molecular weight excluding hydrogens is 340 g/mol. The average Bonchev–Trinajstić information content (AvgIpc) is 2.65. The molecule has 3 heteroatoms. The molecule has 0 aromatic heterocycles. The van der Waals surface area contributed by atoms with E-state index < -0.39 is 11.2 Å². The van der Waals surface area contributed by atoms with Gasteiger partial charge in [0.25, 0.3) is 0 Å². The van der Waals surface area contributed by atoms with Gasteiger partial charge >= 0.3 is 0 Å². The van der Waals surface area contributed by atoms with Gasteiger partial charge in [0.15, 0.2) is 0 Å². The Hall–Kier alpha value is -0.960. The van der Waals surface area contributed by atoms with E-state index in [0.717, 1.165) is 17.7 Å². The number of hydrogen-bond acceptors (Lipinski definition) is 3. The topological polar surface area (TPSA) is 40.1 Å². The molecule has 0 aliphatic heterocycles. The van der Waals surface area contributed by atoms with E-state index in [1.54, 1.807) is 0 Å². The Kier molecular flexibility index (Phi) is 14.4. The molecule has 1 aromatic carbocycles. The summed E-state index contributed by atoms with van der Waals surface area (Å²) in [7, 11) is 0. The predicted octanol–water partition coefficient (Wildman–Crippen LogP) is 6.38. The van der Waals surface area contributed by atoms with E-state index in [2.05, 4.69) is 6.92 Å². The quantitative estimate of drug-likeness (QED) is 0.234. The average molecular weight is 378 g/mol. The van der Waals surface area contributed by atoms with Gasteiger partial charge < -0.3 is 9.90 Å². The summed E-state index contributed by atoms with van der Waals surface area (Å²) >= 11 is 1.42. The standard InChI is InChI=1S/C23H38O2S/c1-2-3-4-5-6-7-8-9-10-11-12-13-17-20-22(23(24)25)26-21-18-15-14-16-19-21/h14-16,18-19,22H,2-13,17,20H2,1H3,(H,24,25)/p-1. The van der Waals surface area contributed by atoms with Crippen LogP contribution < -0.4 is 5.11 Å². The molecule has 0 fully saturated rings. The summed E-state index contributed by atoms with van der Waals surface area (Å²) in [6.07, 6.45) is 17.8. The number of benzene rings is 1. The van der Waals surface area contributed by atoms with E-state index in [9.17, 15) is 9.90 Å². The molecule has 0 bridgehead atoms. The first-order valence-corrected chi connectivity index (χ1v) is 11.5. The Morgan fingerprint density at radius 3 is 1.73 bits per heavy atom. The number of aliphatic carboxylic acids is 1. The molecule has 1 aromatic rings. The van der Waals surface area contributed by atoms with Crippen LogP contribution in [0.3, 0.4) is 0 Å². The van der Waals surface area contributed by atoms with Crippen molar-refractivity contribution in [2.24, 2.45) is 0 Å². The van der Waals surface area contributed by atoms with E-state index in [1.807, 2.05) is 30.3 Å². The highest BCUT2D eigenvalue weighted by atomic mass is 32.2. The Morgan fingerprint density at radius 2 is 1.27 bits per heavy atom.